The van der Waals surface area contributed by atoms with Crippen molar-refractivity contribution in [2.75, 3.05) is 25.0 Å². The third-order valence-electron chi connectivity index (χ3n) is 4.26. The highest BCUT2D eigenvalue weighted by Gasteiger charge is 2.23. The van der Waals surface area contributed by atoms with Gasteiger partial charge < -0.3 is 15.5 Å². The van der Waals surface area contributed by atoms with Gasteiger partial charge in [0, 0.05) is 44.1 Å². The van der Waals surface area contributed by atoms with Crippen LogP contribution in [0.15, 0.2) is 42.7 Å². The molecule has 1 fully saturated rings. The SMILES string of the molecule is CC(=O)N[C@@H]1CCCN(C(=O)CNc2ccc(-n3cccn3)cc2)C1. The van der Waals surface area contributed by atoms with Gasteiger partial charge in [0.15, 0.2) is 0 Å². The first-order valence-corrected chi connectivity index (χ1v) is 8.50. The number of aromatic nitrogens is 2. The molecule has 7 heteroatoms. The van der Waals surface area contributed by atoms with Crippen LogP contribution in [-0.2, 0) is 9.59 Å². The molecule has 0 spiro atoms. The summed E-state index contributed by atoms with van der Waals surface area (Å²) in [6.07, 6.45) is 5.45. The maximum Gasteiger partial charge on any atom is 0.241 e. The van der Waals surface area contributed by atoms with Gasteiger partial charge in [0.25, 0.3) is 0 Å². The molecule has 132 valence electrons. The average Bonchev–Trinajstić information content (AvgIpc) is 3.14. The van der Waals surface area contributed by atoms with Crippen molar-refractivity contribution < 1.29 is 9.59 Å². The van der Waals surface area contributed by atoms with E-state index < -0.39 is 0 Å². The zero-order chi connectivity index (χ0) is 17.6. The van der Waals surface area contributed by atoms with Gasteiger partial charge in [-0.1, -0.05) is 0 Å². The maximum atomic E-state index is 12.4. The second-order valence-electron chi connectivity index (χ2n) is 6.23. The van der Waals surface area contributed by atoms with Crippen molar-refractivity contribution in [2.45, 2.75) is 25.8 Å². The van der Waals surface area contributed by atoms with E-state index in [0.29, 0.717) is 6.54 Å². The van der Waals surface area contributed by atoms with Crippen LogP contribution in [0.5, 0.6) is 0 Å². The molecule has 0 saturated carbocycles. The van der Waals surface area contributed by atoms with Crippen molar-refractivity contribution in [3.05, 3.63) is 42.7 Å². The fourth-order valence-electron chi connectivity index (χ4n) is 3.05. The van der Waals surface area contributed by atoms with E-state index in [2.05, 4.69) is 15.7 Å². The summed E-state index contributed by atoms with van der Waals surface area (Å²) in [5, 5.41) is 10.2. The first-order valence-electron chi connectivity index (χ1n) is 8.50. The molecule has 7 nitrogen and oxygen atoms in total. The number of amides is 2. The molecule has 1 aromatic carbocycles. The van der Waals surface area contributed by atoms with Gasteiger partial charge in [0.2, 0.25) is 11.8 Å². The Hall–Kier alpha value is -2.83. The number of hydrogen-bond acceptors (Lipinski definition) is 4. The van der Waals surface area contributed by atoms with Crippen molar-refractivity contribution >= 4 is 17.5 Å². The third-order valence-corrected chi connectivity index (χ3v) is 4.26. The number of anilines is 1. The van der Waals surface area contributed by atoms with E-state index >= 15 is 0 Å². The lowest BCUT2D eigenvalue weighted by molar-refractivity contribution is -0.131. The molecule has 0 radical (unpaired) electrons. The predicted molar refractivity (Wildman–Crippen MR) is 95.5 cm³/mol. The maximum absolute atomic E-state index is 12.4. The second kappa shape index (κ2) is 7.83. The molecular formula is C18H23N5O2. The van der Waals surface area contributed by atoms with E-state index in [1.165, 1.54) is 6.92 Å². The zero-order valence-electron chi connectivity index (χ0n) is 14.3. The lowest BCUT2D eigenvalue weighted by atomic mass is 10.1. The Bertz CT molecular complexity index is 712. The molecule has 1 saturated heterocycles. The molecule has 0 unspecified atom stereocenters. The summed E-state index contributed by atoms with van der Waals surface area (Å²) < 4.78 is 1.78. The molecular weight excluding hydrogens is 318 g/mol. The Morgan fingerprint density at radius 2 is 2.08 bits per heavy atom. The number of rotatable bonds is 5. The summed E-state index contributed by atoms with van der Waals surface area (Å²) in [5.74, 6) is 0.000834. The molecule has 2 amide bonds. The monoisotopic (exact) mass is 341 g/mol. The van der Waals surface area contributed by atoms with Crippen LogP contribution in [-0.4, -0.2) is 52.2 Å². The fraction of sp³-hybridized carbons (Fsp3) is 0.389. The van der Waals surface area contributed by atoms with Gasteiger partial charge in [-0.15, -0.1) is 0 Å². The van der Waals surface area contributed by atoms with E-state index in [4.69, 9.17) is 0 Å². The van der Waals surface area contributed by atoms with Crippen LogP contribution in [0.1, 0.15) is 19.8 Å². The molecule has 2 N–H and O–H groups in total. The van der Waals surface area contributed by atoms with E-state index in [1.807, 2.05) is 41.4 Å². The van der Waals surface area contributed by atoms with Crippen LogP contribution in [0, 0.1) is 0 Å². The Labute approximate surface area is 147 Å². The molecule has 1 aliphatic heterocycles. The number of nitrogens with zero attached hydrogens (tertiary/aromatic N) is 3. The average molecular weight is 341 g/mol. The van der Waals surface area contributed by atoms with Crippen LogP contribution >= 0.6 is 0 Å². The van der Waals surface area contributed by atoms with Crippen molar-refractivity contribution in [3.63, 3.8) is 0 Å². The van der Waals surface area contributed by atoms with Crippen molar-refractivity contribution in [3.8, 4) is 5.69 Å². The predicted octanol–water partition coefficient (Wildman–Crippen LogP) is 1.41. The van der Waals surface area contributed by atoms with Crippen LogP contribution in [0.3, 0.4) is 0 Å². The van der Waals surface area contributed by atoms with Gasteiger partial charge in [-0.2, -0.15) is 5.10 Å². The Kier molecular flexibility index (Phi) is 5.33. The molecule has 2 heterocycles. The van der Waals surface area contributed by atoms with Gasteiger partial charge in [-0.3, -0.25) is 9.59 Å². The first kappa shape index (κ1) is 17.0. The lowest BCUT2D eigenvalue weighted by Crippen LogP contribution is -2.50. The topological polar surface area (TPSA) is 79.3 Å². The van der Waals surface area contributed by atoms with Crippen LogP contribution < -0.4 is 10.6 Å². The number of carbonyl (C=O) groups excluding carboxylic acids is 2. The minimum Gasteiger partial charge on any atom is -0.376 e. The van der Waals surface area contributed by atoms with Gasteiger partial charge in [-0.25, -0.2) is 4.68 Å². The summed E-state index contributed by atoms with van der Waals surface area (Å²) >= 11 is 0. The molecule has 1 aliphatic rings. The number of likely N-dealkylation sites (tertiary alicyclic amines) is 1. The Balaban J connectivity index is 1.51. The first-order chi connectivity index (χ1) is 12.1. The highest BCUT2D eigenvalue weighted by Crippen LogP contribution is 2.14. The van der Waals surface area contributed by atoms with Gasteiger partial charge in [-0.05, 0) is 43.2 Å². The van der Waals surface area contributed by atoms with Crippen LogP contribution in [0.4, 0.5) is 5.69 Å². The molecule has 0 bridgehead atoms. The van der Waals surface area contributed by atoms with Crippen molar-refractivity contribution in [2.24, 2.45) is 0 Å². The number of piperidine rings is 1. The second-order valence-corrected chi connectivity index (χ2v) is 6.23. The van der Waals surface area contributed by atoms with Crippen LogP contribution in [0.2, 0.25) is 0 Å². The Morgan fingerprint density at radius 3 is 2.76 bits per heavy atom. The molecule has 25 heavy (non-hydrogen) atoms. The van der Waals surface area contributed by atoms with Gasteiger partial charge >= 0.3 is 0 Å². The minimum absolute atomic E-state index is 0.0466. The normalized spacial score (nSPS) is 17.2. The fourth-order valence-corrected chi connectivity index (χ4v) is 3.05. The molecule has 0 aliphatic carbocycles. The largest absolute Gasteiger partial charge is 0.376 e. The van der Waals surface area contributed by atoms with E-state index in [9.17, 15) is 9.59 Å². The number of benzene rings is 1. The van der Waals surface area contributed by atoms with Gasteiger partial charge in [0.05, 0.1) is 12.2 Å². The van der Waals surface area contributed by atoms with E-state index in [1.54, 1.807) is 10.9 Å². The van der Waals surface area contributed by atoms with E-state index in [-0.39, 0.29) is 24.4 Å². The van der Waals surface area contributed by atoms with E-state index in [0.717, 1.165) is 30.8 Å². The molecule has 3 rings (SSSR count). The highest BCUT2D eigenvalue weighted by atomic mass is 16.2. The molecule has 1 aromatic heterocycles. The van der Waals surface area contributed by atoms with Crippen molar-refractivity contribution in [1.82, 2.24) is 20.0 Å². The summed E-state index contributed by atoms with van der Waals surface area (Å²) in [6.45, 7) is 3.08. The minimum atomic E-state index is -0.0466. The highest BCUT2D eigenvalue weighted by molar-refractivity contribution is 5.81. The zero-order valence-corrected chi connectivity index (χ0v) is 14.3. The number of hydrogen-bond donors (Lipinski definition) is 2. The summed E-state index contributed by atoms with van der Waals surface area (Å²) in [6, 6.07) is 9.70. The smallest absolute Gasteiger partial charge is 0.241 e. The quantitative estimate of drug-likeness (QED) is 0.862. The standard InChI is InChI=1S/C18H23N5O2/c1-14(24)21-16-4-2-10-22(13-16)18(25)12-19-15-5-7-17(8-6-15)23-11-3-9-20-23/h3,5-9,11,16,19H,2,4,10,12-13H2,1H3,(H,21,24)/t16-/m1/s1. The molecule has 2 aromatic rings. The Morgan fingerprint density at radius 1 is 1.28 bits per heavy atom. The lowest BCUT2D eigenvalue weighted by Gasteiger charge is -2.33. The number of nitrogens with one attached hydrogen (secondary N) is 2. The summed E-state index contributed by atoms with van der Waals surface area (Å²) in [5.41, 5.74) is 1.86. The van der Waals surface area contributed by atoms with Crippen LogP contribution in [0.25, 0.3) is 5.69 Å². The third kappa shape index (κ3) is 4.59. The van der Waals surface area contributed by atoms with Gasteiger partial charge in [0.1, 0.15) is 0 Å². The summed E-state index contributed by atoms with van der Waals surface area (Å²) in [7, 11) is 0. The summed E-state index contributed by atoms with van der Waals surface area (Å²) in [4.78, 5) is 25.4. The van der Waals surface area contributed by atoms with Crippen molar-refractivity contribution in [1.29, 1.82) is 0 Å². The number of carbonyl (C=O) groups is 2. The molecule has 1 atom stereocenters.